The number of ether oxygens (including phenoxy) is 2. The molecule has 2 aliphatic rings. The van der Waals surface area contributed by atoms with Crippen LogP contribution in [-0.2, 0) is 0 Å². The Bertz CT molecular complexity index is 509. The van der Waals surface area contributed by atoms with Gasteiger partial charge in [-0.1, -0.05) is 6.92 Å². The third-order valence-corrected chi connectivity index (χ3v) is 4.98. The highest BCUT2D eigenvalue weighted by molar-refractivity contribution is 9.10. The summed E-state index contributed by atoms with van der Waals surface area (Å²) in [6.45, 7) is 4.31. The summed E-state index contributed by atoms with van der Waals surface area (Å²) in [5.41, 5.74) is 7.18. The van der Waals surface area contributed by atoms with Crippen LogP contribution in [0.4, 0.5) is 0 Å². The highest BCUT2D eigenvalue weighted by Gasteiger charge is 2.34. The van der Waals surface area contributed by atoms with Crippen LogP contribution in [0.3, 0.4) is 0 Å². The Morgan fingerprint density at radius 2 is 2.20 bits per heavy atom. The van der Waals surface area contributed by atoms with Crippen LogP contribution < -0.4 is 15.2 Å². The monoisotopic (exact) mass is 340 g/mol. The second kappa shape index (κ2) is 5.54. The van der Waals surface area contributed by atoms with Crippen molar-refractivity contribution in [2.75, 3.05) is 26.9 Å². The van der Waals surface area contributed by atoms with Gasteiger partial charge in [-0.2, -0.15) is 0 Å². The van der Waals surface area contributed by atoms with Gasteiger partial charge in [-0.15, -0.1) is 0 Å². The average Bonchev–Trinajstić information content (AvgIpc) is 2.91. The lowest BCUT2D eigenvalue weighted by Gasteiger charge is -2.28. The molecule has 3 unspecified atom stereocenters. The molecule has 0 spiro atoms. The van der Waals surface area contributed by atoms with Crippen molar-refractivity contribution in [3.05, 3.63) is 22.2 Å². The Morgan fingerprint density at radius 3 is 2.85 bits per heavy atom. The van der Waals surface area contributed by atoms with Crippen molar-refractivity contribution in [3.63, 3.8) is 0 Å². The lowest BCUT2D eigenvalue weighted by molar-refractivity contribution is 0.173. The van der Waals surface area contributed by atoms with Crippen LogP contribution in [0, 0.1) is 11.8 Å². The number of benzene rings is 1. The number of nitrogens with two attached hydrogens (primary N) is 1. The first kappa shape index (κ1) is 14.2. The normalized spacial score (nSPS) is 25.1. The number of nitrogens with zero attached hydrogens (tertiary/aromatic N) is 1. The standard InChI is InChI=1S/C15H21BrN2O2/c1-9-3-11(9)7-18(2)13(6-17)10-4-12(16)15-14(5-10)19-8-20-15/h4-5,9,11,13H,3,6-8,17H2,1-2H3. The van der Waals surface area contributed by atoms with Crippen LogP contribution >= 0.6 is 15.9 Å². The van der Waals surface area contributed by atoms with E-state index >= 15 is 0 Å². The van der Waals surface area contributed by atoms with Crippen molar-refractivity contribution in [3.8, 4) is 11.5 Å². The summed E-state index contributed by atoms with van der Waals surface area (Å²) in [5.74, 6) is 3.29. The van der Waals surface area contributed by atoms with E-state index in [1.54, 1.807) is 0 Å². The van der Waals surface area contributed by atoms with Gasteiger partial charge in [-0.05, 0) is 58.9 Å². The molecule has 110 valence electrons. The van der Waals surface area contributed by atoms with Crippen LogP contribution in [-0.4, -0.2) is 31.8 Å². The number of likely N-dealkylation sites (N-methyl/N-ethyl adjacent to an activating group) is 1. The molecule has 5 heteroatoms. The Balaban J connectivity index is 1.80. The predicted molar refractivity (Wildman–Crippen MR) is 82.0 cm³/mol. The summed E-state index contributed by atoms with van der Waals surface area (Å²) in [7, 11) is 2.15. The SMILES string of the molecule is CC1CC1CN(C)C(CN)c1cc(Br)c2c(c1)OCO2. The molecular weight excluding hydrogens is 320 g/mol. The van der Waals surface area contributed by atoms with Crippen molar-refractivity contribution in [2.45, 2.75) is 19.4 Å². The fourth-order valence-corrected chi connectivity index (χ4v) is 3.47. The average molecular weight is 341 g/mol. The maximum atomic E-state index is 6.00. The topological polar surface area (TPSA) is 47.7 Å². The molecule has 1 saturated carbocycles. The Morgan fingerprint density at radius 1 is 1.45 bits per heavy atom. The van der Waals surface area contributed by atoms with E-state index in [-0.39, 0.29) is 6.04 Å². The van der Waals surface area contributed by atoms with E-state index in [0.717, 1.165) is 34.4 Å². The van der Waals surface area contributed by atoms with Gasteiger partial charge in [-0.3, -0.25) is 4.90 Å². The van der Waals surface area contributed by atoms with Crippen molar-refractivity contribution in [1.82, 2.24) is 4.90 Å². The first-order chi connectivity index (χ1) is 9.60. The smallest absolute Gasteiger partial charge is 0.231 e. The molecule has 0 amide bonds. The Labute approximate surface area is 128 Å². The molecular formula is C15H21BrN2O2. The van der Waals surface area contributed by atoms with Gasteiger partial charge in [0.2, 0.25) is 6.79 Å². The third-order valence-electron chi connectivity index (χ3n) is 4.39. The van der Waals surface area contributed by atoms with Crippen LogP contribution in [0.2, 0.25) is 0 Å². The summed E-state index contributed by atoms with van der Waals surface area (Å²) < 4.78 is 11.9. The number of hydrogen-bond donors (Lipinski definition) is 1. The molecule has 20 heavy (non-hydrogen) atoms. The van der Waals surface area contributed by atoms with E-state index in [4.69, 9.17) is 15.2 Å². The fraction of sp³-hybridized carbons (Fsp3) is 0.600. The van der Waals surface area contributed by atoms with E-state index < -0.39 is 0 Å². The third kappa shape index (κ3) is 2.67. The second-order valence-electron chi connectivity index (χ2n) is 5.90. The number of fused-ring (bicyclic) bond motifs is 1. The molecule has 2 N–H and O–H groups in total. The van der Waals surface area contributed by atoms with E-state index in [9.17, 15) is 0 Å². The van der Waals surface area contributed by atoms with Gasteiger partial charge in [0, 0.05) is 19.1 Å². The molecule has 0 saturated heterocycles. The first-order valence-corrected chi connectivity index (χ1v) is 7.88. The molecule has 0 bridgehead atoms. The van der Waals surface area contributed by atoms with Gasteiger partial charge in [0.15, 0.2) is 11.5 Å². The van der Waals surface area contributed by atoms with E-state index in [2.05, 4.69) is 46.9 Å². The molecule has 1 aromatic rings. The minimum atomic E-state index is 0.216. The molecule has 3 rings (SSSR count). The summed E-state index contributed by atoms with van der Waals surface area (Å²) in [6, 6.07) is 4.36. The maximum absolute atomic E-state index is 6.00. The van der Waals surface area contributed by atoms with Gasteiger partial charge in [0.05, 0.1) is 4.47 Å². The minimum absolute atomic E-state index is 0.216. The Hall–Kier alpha value is -0.780. The molecule has 1 aliphatic carbocycles. The van der Waals surface area contributed by atoms with Crippen LogP contribution in [0.25, 0.3) is 0 Å². The van der Waals surface area contributed by atoms with Crippen molar-refractivity contribution >= 4 is 15.9 Å². The molecule has 1 aliphatic heterocycles. The zero-order valence-corrected chi connectivity index (χ0v) is 13.5. The van der Waals surface area contributed by atoms with E-state index in [0.29, 0.717) is 13.3 Å². The summed E-state index contributed by atoms with van der Waals surface area (Å²) in [6.07, 6.45) is 1.34. The zero-order chi connectivity index (χ0) is 14.3. The number of rotatable bonds is 5. The van der Waals surface area contributed by atoms with Crippen LogP contribution in [0.5, 0.6) is 11.5 Å². The van der Waals surface area contributed by atoms with Crippen molar-refractivity contribution in [2.24, 2.45) is 17.6 Å². The second-order valence-corrected chi connectivity index (χ2v) is 6.75. The van der Waals surface area contributed by atoms with Gasteiger partial charge < -0.3 is 15.2 Å². The van der Waals surface area contributed by atoms with Gasteiger partial charge in [-0.25, -0.2) is 0 Å². The predicted octanol–water partition coefficient (Wildman–Crippen LogP) is 2.77. The lowest BCUT2D eigenvalue weighted by atomic mass is 10.0. The molecule has 1 fully saturated rings. The largest absolute Gasteiger partial charge is 0.454 e. The highest BCUT2D eigenvalue weighted by Crippen LogP contribution is 2.43. The number of halogens is 1. The minimum Gasteiger partial charge on any atom is -0.454 e. The molecule has 3 atom stereocenters. The molecule has 0 aromatic heterocycles. The highest BCUT2D eigenvalue weighted by atomic mass is 79.9. The molecule has 1 aromatic carbocycles. The fourth-order valence-electron chi connectivity index (χ4n) is 2.90. The first-order valence-electron chi connectivity index (χ1n) is 7.09. The van der Waals surface area contributed by atoms with E-state index in [1.807, 2.05) is 0 Å². The molecule has 1 heterocycles. The van der Waals surface area contributed by atoms with Crippen molar-refractivity contribution < 1.29 is 9.47 Å². The summed E-state index contributed by atoms with van der Waals surface area (Å²) in [5, 5.41) is 0. The quantitative estimate of drug-likeness (QED) is 0.895. The summed E-state index contributed by atoms with van der Waals surface area (Å²) >= 11 is 3.55. The molecule has 0 radical (unpaired) electrons. The van der Waals surface area contributed by atoms with Gasteiger partial charge in [0.25, 0.3) is 0 Å². The summed E-state index contributed by atoms with van der Waals surface area (Å²) in [4.78, 5) is 2.36. The Kier molecular flexibility index (Phi) is 3.93. The van der Waals surface area contributed by atoms with Gasteiger partial charge >= 0.3 is 0 Å². The van der Waals surface area contributed by atoms with Crippen LogP contribution in [0.1, 0.15) is 24.9 Å². The molecule has 4 nitrogen and oxygen atoms in total. The lowest BCUT2D eigenvalue weighted by Crippen LogP contribution is -2.32. The van der Waals surface area contributed by atoms with Crippen LogP contribution in [0.15, 0.2) is 16.6 Å². The number of hydrogen-bond acceptors (Lipinski definition) is 4. The zero-order valence-electron chi connectivity index (χ0n) is 11.9. The van der Waals surface area contributed by atoms with Crippen molar-refractivity contribution in [1.29, 1.82) is 0 Å². The van der Waals surface area contributed by atoms with Gasteiger partial charge in [0.1, 0.15) is 0 Å². The maximum Gasteiger partial charge on any atom is 0.231 e. The van der Waals surface area contributed by atoms with E-state index in [1.165, 1.54) is 12.0 Å².